The zero-order valence-electron chi connectivity index (χ0n) is 9.95. The zero-order valence-corrected chi connectivity index (χ0v) is 10.7. The number of halogens is 1. The molecule has 2 unspecified atom stereocenters. The first-order valence-electron chi connectivity index (χ1n) is 5.46. The standard InChI is InChI=1S/C12H11ClN2O4/c1-6-9(10(14-18)12(16)17)11(19-15-6)7-4-2-3-5-8(7)13/h2-5,9,11,18H,1H3,(H,16,17)/b14-10+. The van der Waals surface area contributed by atoms with Crippen LogP contribution in [0.3, 0.4) is 0 Å². The Bertz CT molecular complexity index is 571. The van der Waals surface area contributed by atoms with E-state index in [1.807, 2.05) is 0 Å². The number of hydrogen-bond acceptors (Lipinski definition) is 5. The summed E-state index contributed by atoms with van der Waals surface area (Å²) in [5, 5.41) is 25.0. The average molecular weight is 283 g/mol. The highest BCUT2D eigenvalue weighted by Gasteiger charge is 2.41. The van der Waals surface area contributed by atoms with Crippen LogP contribution in [0.15, 0.2) is 34.6 Å². The Morgan fingerprint density at radius 3 is 2.74 bits per heavy atom. The Labute approximate surface area is 113 Å². The van der Waals surface area contributed by atoms with Crippen molar-refractivity contribution in [3.8, 4) is 0 Å². The van der Waals surface area contributed by atoms with Crippen molar-refractivity contribution in [1.82, 2.24) is 0 Å². The molecule has 0 radical (unpaired) electrons. The van der Waals surface area contributed by atoms with Crippen LogP contribution in [0.5, 0.6) is 0 Å². The number of benzene rings is 1. The van der Waals surface area contributed by atoms with Crippen molar-refractivity contribution in [2.24, 2.45) is 16.2 Å². The molecule has 0 spiro atoms. The molecule has 0 bridgehead atoms. The molecular weight excluding hydrogens is 272 g/mol. The maximum Gasteiger partial charge on any atom is 0.354 e. The first-order valence-corrected chi connectivity index (χ1v) is 5.84. The Morgan fingerprint density at radius 1 is 1.47 bits per heavy atom. The van der Waals surface area contributed by atoms with Crippen molar-refractivity contribution in [2.75, 3.05) is 0 Å². The van der Waals surface area contributed by atoms with Crippen LogP contribution >= 0.6 is 11.6 Å². The molecule has 2 rings (SSSR count). The number of rotatable bonds is 3. The average Bonchev–Trinajstić information content (AvgIpc) is 2.73. The molecule has 1 aromatic rings. The lowest BCUT2D eigenvalue weighted by atomic mass is 9.88. The fourth-order valence-corrected chi connectivity index (χ4v) is 2.24. The van der Waals surface area contributed by atoms with Crippen molar-refractivity contribution in [3.63, 3.8) is 0 Å². The van der Waals surface area contributed by atoms with Crippen LogP contribution in [0.1, 0.15) is 18.6 Å². The number of hydrogen-bond donors (Lipinski definition) is 2. The molecule has 100 valence electrons. The van der Waals surface area contributed by atoms with E-state index in [9.17, 15) is 4.79 Å². The van der Waals surface area contributed by atoms with E-state index < -0.39 is 23.7 Å². The molecule has 19 heavy (non-hydrogen) atoms. The largest absolute Gasteiger partial charge is 0.477 e. The van der Waals surface area contributed by atoms with E-state index in [1.165, 1.54) is 0 Å². The van der Waals surface area contributed by atoms with Gasteiger partial charge in [0.2, 0.25) is 0 Å². The second kappa shape index (κ2) is 5.27. The molecule has 2 atom stereocenters. The summed E-state index contributed by atoms with van der Waals surface area (Å²) >= 11 is 6.06. The van der Waals surface area contributed by atoms with E-state index >= 15 is 0 Å². The topological polar surface area (TPSA) is 91.5 Å². The predicted octanol–water partition coefficient (Wildman–Crippen LogP) is 2.32. The van der Waals surface area contributed by atoms with E-state index in [0.717, 1.165) is 0 Å². The normalized spacial score (nSPS) is 22.8. The Morgan fingerprint density at radius 2 is 2.16 bits per heavy atom. The van der Waals surface area contributed by atoms with Gasteiger partial charge in [-0.05, 0) is 13.0 Å². The number of carbonyl (C=O) groups is 1. The molecule has 0 saturated heterocycles. The van der Waals surface area contributed by atoms with Crippen LogP contribution in [-0.4, -0.2) is 27.7 Å². The van der Waals surface area contributed by atoms with Crippen molar-refractivity contribution in [3.05, 3.63) is 34.9 Å². The summed E-state index contributed by atoms with van der Waals surface area (Å²) in [6, 6.07) is 6.89. The van der Waals surface area contributed by atoms with Gasteiger partial charge in [-0.2, -0.15) is 0 Å². The molecule has 0 aromatic heterocycles. The molecule has 0 aliphatic carbocycles. The van der Waals surface area contributed by atoms with Gasteiger partial charge in [0.1, 0.15) is 0 Å². The van der Waals surface area contributed by atoms with Crippen LogP contribution < -0.4 is 0 Å². The van der Waals surface area contributed by atoms with E-state index in [4.69, 9.17) is 26.8 Å². The lowest BCUT2D eigenvalue weighted by molar-refractivity contribution is -0.129. The van der Waals surface area contributed by atoms with Crippen LogP contribution in [-0.2, 0) is 9.63 Å². The maximum atomic E-state index is 11.1. The first kappa shape index (κ1) is 13.4. The lowest BCUT2D eigenvalue weighted by Gasteiger charge is -2.18. The Kier molecular flexibility index (Phi) is 3.71. The molecule has 7 heteroatoms. The second-order valence-electron chi connectivity index (χ2n) is 4.05. The number of carboxylic acid groups (broad SMARTS) is 1. The molecule has 1 heterocycles. The van der Waals surface area contributed by atoms with Gasteiger partial charge in [0.15, 0.2) is 11.8 Å². The molecular formula is C12H11ClN2O4. The highest BCUT2D eigenvalue weighted by molar-refractivity contribution is 6.40. The third-order valence-corrected chi connectivity index (χ3v) is 3.24. The van der Waals surface area contributed by atoms with Crippen LogP contribution in [0.25, 0.3) is 0 Å². The zero-order chi connectivity index (χ0) is 14.0. The third kappa shape index (κ3) is 2.39. The Hall–Kier alpha value is -2.08. The number of nitrogens with zero attached hydrogens (tertiary/aromatic N) is 2. The van der Waals surface area contributed by atoms with Gasteiger partial charge < -0.3 is 15.2 Å². The van der Waals surface area contributed by atoms with Crippen LogP contribution in [0.2, 0.25) is 5.02 Å². The van der Waals surface area contributed by atoms with E-state index in [2.05, 4.69) is 10.3 Å². The number of aliphatic carboxylic acids is 1. The van der Waals surface area contributed by atoms with Crippen molar-refractivity contribution < 1.29 is 19.9 Å². The molecule has 1 aliphatic rings. The van der Waals surface area contributed by atoms with Gasteiger partial charge in [-0.3, -0.25) is 0 Å². The molecule has 1 aliphatic heterocycles. The summed E-state index contributed by atoms with van der Waals surface area (Å²) in [7, 11) is 0. The molecule has 0 amide bonds. The highest BCUT2D eigenvalue weighted by Crippen LogP contribution is 2.37. The summed E-state index contributed by atoms with van der Waals surface area (Å²) in [5.41, 5.74) is 0.584. The van der Waals surface area contributed by atoms with Gasteiger partial charge >= 0.3 is 5.97 Å². The highest BCUT2D eigenvalue weighted by atomic mass is 35.5. The minimum atomic E-state index is -1.33. The van der Waals surface area contributed by atoms with Gasteiger partial charge in [0.05, 0.1) is 11.6 Å². The van der Waals surface area contributed by atoms with Gasteiger partial charge in [-0.25, -0.2) is 4.79 Å². The summed E-state index contributed by atoms with van der Waals surface area (Å²) in [6.45, 7) is 1.61. The van der Waals surface area contributed by atoms with E-state index in [1.54, 1.807) is 31.2 Å². The van der Waals surface area contributed by atoms with Crippen LogP contribution in [0, 0.1) is 5.92 Å². The quantitative estimate of drug-likeness (QED) is 0.505. The van der Waals surface area contributed by atoms with Gasteiger partial charge in [-0.15, -0.1) is 0 Å². The summed E-state index contributed by atoms with van der Waals surface area (Å²) in [6.07, 6.45) is -0.712. The molecule has 6 nitrogen and oxygen atoms in total. The van der Waals surface area contributed by atoms with Gasteiger partial charge in [-0.1, -0.05) is 40.1 Å². The van der Waals surface area contributed by atoms with Crippen LogP contribution in [0.4, 0.5) is 0 Å². The maximum absolute atomic E-state index is 11.1. The fraction of sp³-hybridized carbons (Fsp3) is 0.250. The SMILES string of the molecule is CC1=NOC(c2ccccc2Cl)C1/C(=N\O)C(=O)O. The predicted molar refractivity (Wildman–Crippen MR) is 68.7 cm³/mol. The van der Waals surface area contributed by atoms with E-state index in [-0.39, 0.29) is 0 Å². The van der Waals surface area contributed by atoms with Gasteiger partial charge in [0, 0.05) is 10.6 Å². The monoisotopic (exact) mass is 282 g/mol. The molecule has 2 N–H and O–H groups in total. The van der Waals surface area contributed by atoms with Crippen molar-refractivity contribution in [2.45, 2.75) is 13.0 Å². The number of carboxylic acids is 1. The minimum absolute atomic E-state index is 0.417. The smallest absolute Gasteiger partial charge is 0.354 e. The third-order valence-electron chi connectivity index (χ3n) is 2.90. The van der Waals surface area contributed by atoms with Gasteiger partial charge in [0.25, 0.3) is 0 Å². The minimum Gasteiger partial charge on any atom is -0.477 e. The fourth-order valence-electron chi connectivity index (χ4n) is 2.00. The second-order valence-corrected chi connectivity index (χ2v) is 4.46. The van der Waals surface area contributed by atoms with E-state index in [0.29, 0.717) is 16.3 Å². The Balaban J connectivity index is 2.43. The van der Waals surface area contributed by atoms with Crippen molar-refractivity contribution >= 4 is 29.0 Å². The molecule has 0 fully saturated rings. The molecule has 0 saturated carbocycles. The summed E-state index contributed by atoms with van der Waals surface area (Å²) in [5.74, 6) is -2.10. The first-order chi connectivity index (χ1) is 9.06. The summed E-state index contributed by atoms with van der Waals surface area (Å²) in [4.78, 5) is 16.3. The summed E-state index contributed by atoms with van der Waals surface area (Å²) < 4.78 is 0. The number of oxime groups is 2. The molecule has 1 aromatic carbocycles. The lowest BCUT2D eigenvalue weighted by Crippen LogP contribution is -2.31. The van der Waals surface area contributed by atoms with Crippen molar-refractivity contribution in [1.29, 1.82) is 0 Å².